The number of nitrogens with one attached hydrogen (secondary N) is 1. The van der Waals surface area contributed by atoms with Crippen LogP contribution in [0.15, 0.2) is 76.6 Å². The number of methoxy groups -OCH3 is 1. The summed E-state index contributed by atoms with van der Waals surface area (Å²) in [7, 11) is 1.66. The number of benzene rings is 3. The zero-order valence-electron chi connectivity index (χ0n) is 14.1. The van der Waals surface area contributed by atoms with Gasteiger partial charge >= 0.3 is 0 Å². The molecule has 3 aromatic rings. The van der Waals surface area contributed by atoms with E-state index < -0.39 is 0 Å². The van der Waals surface area contributed by atoms with E-state index in [0.29, 0.717) is 10.1 Å². The number of para-hydroxylation sites is 1. The summed E-state index contributed by atoms with van der Waals surface area (Å²) in [6, 6.07) is 21.6. The molecule has 1 saturated heterocycles. The summed E-state index contributed by atoms with van der Waals surface area (Å²) in [5, 5.41) is 5.61. The third-order valence-corrected chi connectivity index (χ3v) is 4.92. The summed E-state index contributed by atoms with van der Waals surface area (Å²) in [6.07, 6.45) is 1.89. The largest absolute Gasteiger partial charge is 0.497 e. The summed E-state index contributed by atoms with van der Waals surface area (Å²) in [5.74, 6) is 0.704. The molecule has 0 spiro atoms. The van der Waals surface area contributed by atoms with Crippen molar-refractivity contribution in [3.8, 4) is 5.75 Å². The first-order valence-corrected chi connectivity index (χ1v) is 8.95. The van der Waals surface area contributed by atoms with Crippen molar-refractivity contribution in [2.24, 2.45) is 4.99 Å². The van der Waals surface area contributed by atoms with Crippen LogP contribution in [0.3, 0.4) is 0 Å². The number of aliphatic imine (C=N–C) groups is 1. The van der Waals surface area contributed by atoms with Crippen molar-refractivity contribution >= 4 is 45.4 Å². The molecule has 4 nitrogen and oxygen atoms in total. The molecule has 1 amide bonds. The molecule has 3 aromatic carbocycles. The summed E-state index contributed by atoms with van der Waals surface area (Å²) >= 11 is 1.35. The fourth-order valence-electron chi connectivity index (χ4n) is 2.71. The average Bonchev–Trinajstić information content (AvgIpc) is 3.01. The number of rotatable bonds is 3. The van der Waals surface area contributed by atoms with Crippen LogP contribution in [0.2, 0.25) is 0 Å². The SMILES string of the molecule is COc1ccc2cc(C=C3SC(=Nc4ccccc4)NC3=O)ccc2c1. The number of amidine groups is 1. The molecule has 0 aromatic heterocycles. The van der Waals surface area contributed by atoms with Crippen LogP contribution in [0.25, 0.3) is 16.8 Å². The maximum absolute atomic E-state index is 12.2. The number of fused-ring (bicyclic) bond motifs is 1. The minimum Gasteiger partial charge on any atom is -0.497 e. The lowest BCUT2D eigenvalue weighted by Crippen LogP contribution is -2.19. The maximum Gasteiger partial charge on any atom is 0.264 e. The van der Waals surface area contributed by atoms with Crippen LogP contribution >= 0.6 is 11.8 Å². The van der Waals surface area contributed by atoms with Gasteiger partial charge in [0.25, 0.3) is 5.91 Å². The van der Waals surface area contributed by atoms with E-state index in [9.17, 15) is 4.79 Å². The number of carbonyl (C=O) groups is 1. The zero-order valence-corrected chi connectivity index (χ0v) is 14.9. The number of hydrogen-bond donors (Lipinski definition) is 1. The van der Waals surface area contributed by atoms with Gasteiger partial charge in [0.2, 0.25) is 0 Å². The highest BCUT2D eigenvalue weighted by Crippen LogP contribution is 2.29. The van der Waals surface area contributed by atoms with Crippen molar-refractivity contribution < 1.29 is 9.53 Å². The molecule has 5 heteroatoms. The zero-order chi connectivity index (χ0) is 17.9. The van der Waals surface area contributed by atoms with Gasteiger partial charge in [-0.3, -0.25) is 4.79 Å². The molecule has 1 heterocycles. The molecule has 26 heavy (non-hydrogen) atoms. The molecular formula is C21H16N2O2S. The maximum atomic E-state index is 12.2. The lowest BCUT2D eigenvalue weighted by atomic mass is 10.1. The second kappa shape index (κ2) is 7.06. The van der Waals surface area contributed by atoms with Gasteiger partial charge in [-0.1, -0.05) is 36.4 Å². The number of carbonyl (C=O) groups excluding carboxylic acids is 1. The number of ether oxygens (including phenoxy) is 1. The average molecular weight is 360 g/mol. The quantitative estimate of drug-likeness (QED) is 0.687. The second-order valence-corrected chi connectivity index (χ2v) is 6.82. The van der Waals surface area contributed by atoms with Crippen molar-refractivity contribution in [3.63, 3.8) is 0 Å². The molecule has 1 N–H and O–H groups in total. The first kappa shape index (κ1) is 16.4. The molecule has 0 aliphatic carbocycles. The fourth-order valence-corrected chi connectivity index (χ4v) is 3.55. The normalized spacial score (nSPS) is 17.0. The van der Waals surface area contributed by atoms with Gasteiger partial charge in [0.1, 0.15) is 5.75 Å². The third kappa shape index (κ3) is 3.48. The van der Waals surface area contributed by atoms with Gasteiger partial charge in [-0.25, -0.2) is 4.99 Å². The molecule has 4 rings (SSSR count). The van der Waals surface area contributed by atoms with Crippen LogP contribution in [0, 0.1) is 0 Å². The van der Waals surface area contributed by atoms with Gasteiger partial charge in [-0.2, -0.15) is 0 Å². The highest BCUT2D eigenvalue weighted by atomic mass is 32.2. The highest BCUT2D eigenvalue weighted by molar-refractivity contribution is 8.18. The Morgan fingerprint density at radius 1 is 1.00 bits per heavy atom. The van der Waals surface area contributed by atoms with Gasteiger partial charge in [0, 0.05) is 0 Å². The third-order valence-electron chi connectivity index (χ3n) is 4.01. The number of nitrogens with zero attached hydrogens (tertiary/aromatic N) is 1. The summed E-state index contributed by atoms with van der Waals surface area (Å²) < 4.78 is 5.25. The Balaban J connectivity index is 1.61. The van der Waals surface area contributed by atoms with Gasteiger partial charge in [-0.05, 0) is 64.5 Å². The van der Waals surface area contributed by atoms with Crippen LogP contribution in [0.4, 0.5) is 5.69 Å². The Morgan fingerprint density at radius 2 is 1.77 bits per heavy atom. The Hall–Kier alpha value is -3.05. The van der Waals surface area contributed by atoms with E-state index in [4.69, 9.17) is 4.74 Å². The molecule has 0 radical (unpaired) electrons. The Labute approximate surface area is 155 Å². The summed E-state index contributed by atoms with van der Waals surface area (Å²) in [6.45, 7) is 0. The Kier molecular flexibility index (Phi) is 4.46. The van der Waals surface area contributed by atoms with Gasteiger partial charge < -0.3 is 10.1 Å². The molecule has 0 atom stereocenters. The lowest BCUT2D eigenvalue weighted by molar-refractivity contribution is -0.115. The number of thioether (sulfide) groups is 1. The monoisotopic (exact) mass is 360 g/mol. The molecule has 1 aliphatic heterocycles. The minimum atomic E-state index is -0.125. The fraction of sp³-hybridized carbons (Fsp3) is 0.0476. The smallest absolute Gasteiger partial charge is 0.264 e. The molecule has 0 saturated carbocycles. The van der Waals surface area contributed by atoms with Crippen LogP contribution in [-0.4, -0.2) is 18.2 Å². The van der Waals surface area contributed by atoms with Crippen molar-refractivity contribution in [1.82, 2.24) is 5.32 Å². The lowest BCUT2D eigenvalue weighted by Gasteiger charge is -2.03. The Bertz CT molecular complexity index is 1040. The minimum absolute atomic E-state index is 0.125. The van der Waals surface area contributed by atoms with E-state index >= 15 is 0 Å². The predicted octanol–water partition coefficient (Wildman–Crippen LogP) is 4.74. The van der Waals surface area contributed by atoms with E-state index in [1.54, 1.807) is 7.11 Å². The number of hydrogen-bond acceptors (Lipinski definition) is 4. The van der Waals surface area contributed by atoms with Gasteiger partial charge in [0.15, 0.2) is 5.17 Å². The molecule has 1 fully saturated rings. The van der Waals surface area contributed by atoms with Crippen molar-refractivity contribution in [2.75, 3.05) is 7.11 Å². The first-order valence-electron chi connectivity index (χ1n) is 8.14. The van der Waals surface area contributed by atoms with Crippen LogP contribution in [0.5, 0.6) is 5.75 Å². The molecular weight excluding hydrogens is 344 g/mol. The van der Waals surface area contributed by atoms with E-state index in [-0.39, 0.29) is 5.91 Å². The van der Waals surface area contributed by atoms with Crippen LogP contribution < -0.4 is 10.1 Å². The Morgan fingerprint density at radius 3 is 2.58 bits per heavy atom. The molecule has 1 aliphatic rings. The van der Waals surface area contributed by atoms with Gasteiger partial charge in [0.05, 0.1) is 17.7 Å². The second-order valence-electron chi connectivity index (χ2n) is 5.79. The summed E-state index contributed by atoms with van der Waals surface area (Å²) in [4.78, 5) is 17.3. The van der Waals surface area contributed by atoms with Crippen LogP contribution in [-0.2, 0) is 4.79 Å². The van der Waals surface area contributed by atoms with E-state index in [1.165, 1.54) is 11.8 Å². The molecule has 0 unspecified atom stereocenters. The molecule has 0 bridgehead atoms. The highest BCUT2D eigenvalue weighted by Gasteiger charge is 2.23. The van der Waals surface area contributed by atoms with E-state index in [0.717, 1.165) is 27.8 Å². The van der Waals surface area contributed by atoms with E-state index in [1.807, 2.05) is 66.7 Å². The predicted molar refractivity (Wildman–Crippen MR) is 108 cm³/mol. The topological polar surface area (TPSA) is 50.7 Å². The van der Waals surface area contributed by atoms with Gasteiger partial charge in [-0.15, -0.1) is 0 Å². The summed E-state index contributed by atoms with van der Waals surface area (Å²) in [5.41, 5.74) is 1.79. The standard InChI is InChI=1S/C21H16N2O2S/c1-25-18-10-9-15-11-14(7-8-16(15)13-18)12-19-20(24)23-21(26-19)22-17-5-3-2-4-6-17/h2-13H,1H3,(H,22,23,24). The van der Waals surface area contributed by atoms with E-state index in [2.05, 4.69) is 16.4 Å². The van der Waals surface area contributed by atoms with Crippen LogP contribution in [0.1, 0.15) is 5.56 Å². The van der Waals surface area contributed by atoms with Crippen molar-refractivity contribution in [2.45, 2.75) is 0 Å². The first-order chi connectivity index (χ1) is 12.7. The molecule has 128 valence electrons. The van der Waals surface area contributed by atoms with Crippen molar-refractivity contribution in [3.05, 3.63) is 77.2 Å². The van der Waals surface area contributed by atoms with Crippen molar-refractivity contribution in [1.29, 1.82) is 0 Å². The number of amides is 1.